The molecule has 1 atom stereocenters. The summed E-state index contributed by atoms with van der Waals surface area (Å²) in [5.41, 5.74) is 1.38. The van der Waals surface area contributed by atoms with Gasteiger partial charge in [0.05, 0.1) is 0 Å². The zero-order valence-electron chi connectivity index (χ0n) is 9.74. The van der Waals surface area contributed by atoms with Crippen molar-refractivity contribution in [3.05, 3.63) is 24.0 Å². The highest BCUT2D eigenvalue weighted by molar-refractivity contribution is 5.09. The van der Waals surface area contributed by atoms with Gasteiger partial charge in [0.1, 0.15) is 0 Å². The van der Waals surface area contributed by atoms with Gasteiger partial charge in [-0.15, -0.1) is 0 Å². The average Bonchev–Trinajstić information content (AvgIpc) is 2.62. The van der Waals surface area contributed by atoms with Gasteiger partial charge in [0, 0.05) is 38.6 Å². The SMILES string of the molecule is CN1CCCC(NCc2ccn(C)c2)C1. The van der Waals surface area contributed by atoms with E-state index in [1.54, 1.807) is 0 Å². The molecule has 1 aromatic rings. The number of nitrogens with zero attached hydrogens (tertiary/aromatic N) is 2. The summed E-state index contributed by atoms with van der Waals surface area (Å²) in [6.07, 6.45) is 6.92. The molecule has 1 aromatic heterocycles. The van der Waals surface area contributed by atoms with Gasteiger partial charge in [0.15, 0.2) is 0 Å². The molecule has 0 saturated carbocycles. The van der Waals surface area contributed by atoms with E-state index in [1.807, 2.05) is 0 Å². The molecule has 15 heavy (non-hydrogen) atoms. The van der Waals surface area contributed by atoms with E-state index in [0.717, 1.165) is 6.54 Å². The van der Waals surface area contributed by atoms with Crippen molar-refractivity contribution in [3.8, 4) is 0 Å². The van der Waals surface area contributed by atoms with Crippen LogP contribution >= 0.6 is 0 Å². The Morgan fingerprint density at radius 1 is 1.47 bits per heavy atom. The van der Waals surface area contributed by atoms with Crippen LogP contribution in [0.15, 0.2) is 18.5 Å². The van der Waals surface area contributed by atoms with E-state index in [0.29, 0.717) is 6.04 Å². The highest BCUT2D eigenvalue weighted by Gasteiger charge is 2.16. The van der Waals surface area contributed by atoms with Gasteiger partial charge in [-0.05, 0) is 38.1 Å². The average molecular weight is 207 g/mol. The van der Waals surface area contributed by atoms with Crippen LogP contribution in [0.2, 0.25) is 0 Å². The van der Waals surface area contributed by atoms with Gasteiger partial charge >= 0.3 is 0 Å². The fourth-order valence-corrected chi connectivity index (χ4v) is 2.26. The van der Waals surface area contributed by atoms with E-state index in [1.165, 1.54) is 31.5 Å². The van der Waals surface area contributed by atoms with E-state index in [4.69, 9.17) is 0 Å². The van der Waals surface area contributed by atoms with Crippen LogP contribution in [0, 0.1) is 0 Å². The minimum Gasteiger partial charge on any atom is -0.357 e. The third kappa shape index (κ3) is 3.08. The van der Waals surface area contributed by atoms with Crippen molar-refractivity contribution in [2.75, 3.05) is 20.1 Å². The van der Waals surface area contributed by atoms with Gasteiger partial charge < -0.3 is 14.8 Å². The van der Waals surface area contributed by atoms with Crippen molar-refractivity contribution < 1.29 is 0 Å². The van der Waals surface area contributed by atoms with Crippen molar-refractivity contribution in [1.29, 1.82) is 0 Å². The Hall–Kier alpha value is -0.800. The maximum Gasteiger partial charge on any atom is 0.0223 e. The first-order valence-electron chi connectivity index (χ1n) is 5.77. The second kappa shape index (κ2) is 4.81. The van der Waals surface area contributed by atoms with E-state index >= 15 is 0 Å². The molecule has 84 valence electrons. The molecule has 1 aliphatic heterocycles. The number of likely N-dealkylation sites (N-methyl/N-ethyl adjacent to an activating group) is 1. The van der Waals surface area contributed by atoms with E-state index < -0.39 is 0 Å². The van der Waals surface area contributed by atoms with Gasteiger partial charge in [-0.25, -0.2) is 0 Å². The maximum absolute atomic E-state index is 3.63. The molecule has 3 nitrogen and oxygen atoms in total. The van der Waals surface area contributed by atoms with Crippen molar-refractivity contribution in [3.63, 3.8) is 0 Å². The number of aryl methyl sites for hydroxylation is 1. The Balaban J connectivity index is 1.77. The molecule has 0 aromatic carbocycles. The third-order valence-corrected chi connectivity index (χ3v) is 3.11. The van der Waals surface area contributed by atoms with E-state index in [-0.39, 0.29) is 0 Å². The lowest BCUT2D eigenvalue weighted by molar-refractivity contribution is 0.226. The van der Waals surface area contributed by atoms with Crippen molar-refractivity contribution in [2.45, 2.75) is 25.4 Å². The van der Waals surface area contributed by atoms with Gasteiger partial charge in [-0.3, -0.25) is 0 Å². The number of hydrogen-bond acceptors (Lipinski definition) is 2. The molecule has 1 unspecified atom stereocenters. The largest absolute Gasteiger partial charge is 0.357 e. The highest BCUT2D eigenvalue weighted by atomic mass is 15.1. The molecule has 1 fully saturated rings. The molecule has 3 heteroatoms. The second-order valence-corrected chi connectivity index (χ2v) is 4.67. The normalized spacial score (nSPS) is 23.2. The standard InChI is InChI=1S/C12H21N3/c1-14-6-3-4-12(10-14)13-8-11-5-7-15(2)9-11/h5,7,9,12-13H,3-4,6,8,10H2,1-2H3. The van der Waals surface area contributed by atoms with Crippen molar-refractivity contribution >= 4 is 0 Å². The topological polar surface area (TPSA) is 20.2 Å². The number of hydrogen-bond donors (Lipinski definition) is 1. The molecule has 0 amide bonds. The summed E-state index contributed by atoms with van der Waals surface area (Å²) >= 11 is 0. The summed E-state index contributed by atoms with van der Waals surface area (Å²) in [5.74, 6) is 0. The van der Waals surface area contributed by atoms with Gasteiger partial charge in [-0.1, -0.05) is 0 Å². The lowest BCUT2D eigenvalue weighted by Gasteiger charge is -2.30. The molecule has 2 heterocycles. The molecular weight excluding hydrogens is 186 g/mol. The van der Waals surface area contributed by atoms with Crippen LogP contribution in [-0.2, 0) is 13.6 Å². The van der Waals surface area contributed by atoms with Crippen LogP contribution in [-0.4, -0.2) is 35.6 Å². The number of aromatic nitrogens is 1. The lowest BCUT2D eigenvalue weighted by Crippen LogP contribution is -2.43. The van der Waals surface area contributed by atoms with Gasteiger partial charge in [0.2, 0.25) is 0 Å². The fraction of sp³-hybridized carbons (Fsp3) is 0.667. The van der Waals surface area contributed by atoms with Crippen LogP contribution in [0.3, 0.4) is 0 Å². The quantitative estimate of drug-likeness (QED) is 0.804. The second-order valence-electron chi connectivity index (χ2n) is 4.67. The van der Waals surface area contributed by atoms with Crippen LogP contribution in [0.5, 0.6) is 0 Å². The fourth-order valence-electron chi connectivity index (χ4n) is 2.26. The zero-order valence-corrected chi connectivity index (χ0v) is 9.74. The molecule has 1 saturated heterocycles. The number of rotatable bonds is 3. The minimum atomic E-state index is 0.670. The molecule has 1 N–H and O–H groups in total. The summed E-state index contributed by atoms with van der Waals surface area (Å²) in [4.78, 5) is 2.41. The Bertz CT molecular complexity index is 306. The zero-order chi connectivity index (χ0) is 10.7. The van der Waals surface area contributed by atoms with Crippen LogP contribution < -0.4 is 5.32 Å². The molecular formula is C12H21N3. The monoisotopic (exact) mass is 207 g/mol. The minimum absolute atomic E-state index is 0.670. The first-order valence-corrected chi connectivity index (χ1v) is 5.77. The predicted molar refractivity (Wildman–Crippen MR) is 62.8 cm³/mol. The van der Waals surface area contributed by atoms with Gasteiger partial charge in [-0.2, -0.15) is 0 Å². The molecule has 2 rings (SSSR count). The number of nitrogens with one attached hydrogen (secondary N) is 1. The van der Waals surface area contributed by atoms with Crippen LogP contribution in [0.25, 0.3) is 0 Å². The summed E-state index contributed by atoms with van der Waals surface area (Å²) in [6, 6.07) is 2.85. The molecule has 0 aliphatic carbocycles. The summed E-state index contributed by atoms with van der Waals surface area (Å²) in [6.45, 7) is 3.44. The lowest BCUT2D eigenvalue weighted by atomic mass is 10.1. The Labute approximate surface area is 92.1 Å². The first-order chi connectivity index (χ1) is 7.24. The number of piperidine rings is 1. The Kier molecular flexibility index (Phi) is 3.44. The van der Waals surface area contributed by atoms with Crippen LogP contribution in [0.4, 0.5) is 0 Å². The van der Waals surface area contributed by atoms with E-state index in [9.17, 15) is 0 Å². The first kappa shape index (κ1) is 10.7. The smallest absolute Gasteiger partial charge is 0.0223 e. The maximum atomic E-state index is 3.63. The molecule has 0 radical (unpaired) electrons. The van der Waals surface area contributed by atoms with Crippen molar-refractivity contribution in [1.82, 2.24) is 14.8 Å². The summed E-state index contributed by atoms with van der Waals surface area (Å²) in [7, 11) is 4.27. The Morgan fingerprint density at radius 2 is 2.33 bits per heavy atom. The van der Waals surface area contributed by atoms with Gasteiger partial charge in [0.25, 0.3) is 0 Å². The third-order valence-electron chi connectivity index (χ3n) is 3.11. The summed E-state index contributed by atoms with van der Waals surface area (Å²) < 4.78 is 2.10. The molecule has 0 bridgehead atoms. The molecule has 1 aliphatic rings. The van der Waals surface area contributed by atoms with Crippen LogP contribution in [0.1, 0.15) is 18.4 Å². The predicted octanol–water partition coefficient (Wildman–Crippen LogP) is 1.21. The highest BCUT2D eigenvalue weighted by Crippen LogP contribution is 2.09. The van der Waals surface area contributed by atoms with E-state index in [2.05, 4.69) is 47.3 Å². The van der Waals surface area contributed by atoms with Crippen molar-refractivity contribution in [2.24, 2.45) is 7.05 Å². The molecule has 0 spiro atoms. The number of likely N-dealkylation sites (tertiary alicyclic amines) is 1. The summed E-state index contributed by atoms with van der Waals surface area (Å²) in [5, 5.41) is 3.63. The Morgan fingerprint density at radius 3 is 3.00 bits per heavy atom.